The van der Waals surface area contributed by atoms with Gasteiger partial charge in [-0.3, -0.25) is 0 Å². The maximum atomic E-state index is 5.96. The van der Waals surface area contributed by atoms with Gasteiger partial charge in [-0.1, -0.05) is 81.5 Å². The van der Waals surface area contributed by atoms with Crippen LogP contribution in [0.25, 0.3) is 44.6 Å². The van der Waals surface area contributed by atoms with E-state index in [1.54, 1.807) is 6.20 Å². The summed E-state index contributed by atoms with van der Waals surface area (Å²) in [5.74, 6) is 0.991. The van der Waals surface area contributed by atoms with Crippen LogP contribution in [0.2, 0.25) is 19.6 Å². The summed E-state index contributed by atoms with van der Waals surface area (Å²) in [5, 5.41) is 3.54. The number of furan rings is 1. The summed E-state index contributed by atoms with van der Waals surface area (Å²) in [4.78, 5) is 13.5. The van der Waals surface area contributed by atoms with Gasteiger partial charge in [-0.05, 0) is 46.6 Å². The molecule has 0 amide bonds. The molecule has 1 radical (unpaired) electrons. The summed E-state index contributed by atoms with van der Waals surface area (Å²) in [6.07, 6.45) is 5.68. The number of hydrogen-bond acceptors (Lipinski definition) is 4. The average molecular weight is 748 g/mol. The van der Waals surface area contributed by atoms with Crippen LogP contribution in [0.4, 0.5) is 0 Å². The van der Waals surface area contributed by atoms with E-state index in [4.69, 9.17) is 4.42 Å². The number of pyridine rings is 3. The molecule has 0 unspecified atom stereocenters. The Morgan fingerprint density at radius 3 is 2.24 bits per heavy atom. The van der Waals surface area contributed by atoms with Crippen LogP contribution in [0, 0.1) is 12.1 Å². The Hall–Kier alpha value is -3.44. The Kier molecular flexibility index (Phi) is 9.93. The van der Waals surface area contributed by atoms with Crippen LogP contribution in [-0.2, 0) is 20.1 Å². The third kappa shape index (κ3) is 6.78. The van der Waals surface area contributed by atoms with E-state index < -0.39 is 8.07 Å². The fourth-order valence-corrected chi connectivity index (χ4v) is 6.66. The fourth-order valence-electron chi connectivity index (χ4n) is 4.98. The molecule has 0 aliphatic rings. The Labute approximate surface area is 264 Å². The van der Waals surface area contributed by atoms with Crippen molar-refractivity contribution in [1.82, 2.24) is 15.0 Å². The molecule has 6 rings (SSSR count). The Morgan fingerprint density at radius 1 is 0.738 bits per heavy atom. The first-order valence-corrected chi connectivity index (χ1v) is 17.7. The molecule has 0 aliphatic heterocycles. The molecule has 0 fully saturated rings. The first-order chi connectivity index (χ1) is 19.6. The van der Waals surface area contributed by atoms with E-state index in [-0.39, 0.29) is 20.1 Å². The van der Waals surface area contributed by atoms with E-state index in [2.05, 4.69) is 105 Å². The summed E-state index contributed by atoms with van der Waals surface area (Å²) in [7, 11) is -1.34. The quantitative estimate of drug-likeness (QED) is 0.130. The first kappa shape index (κ1) is 31.5. The van der Waals surface area contributed by atoms with E-state index in [1.165, 1.54) is 16.3 Å². The molecule has 0 saturated carbocycles. The molecule has 42 heavy (non-hydrogen) atoms. The van der Waals surface area contributed by atoms with Crippen LogP contribution in [0.3, 0.4) is 0 Å². The topological polar surface area (TPSA) is 51.8 Å². The number of aromatic nitrogens is 3. The molecule has 0 aliphatic carbocycles. The van der Waals surface area contributed by atoms with Crippen molar-refractivity contribution < 1.29 is 24.5 Å². The van der Waals surface area contributed by atoms with Crippen molar-refractivity contribution in [2.24, 2.45) is 0 Å². The number of hydrogen-bond donors (Lipinski definition) is 0. The Bertz CT molecular complexity index is 1790. The molecule has 2 aromatic carbocycles. The van der Waals surface area contributed by atoms with Gasteiger partial charge >= 0.3 is 0 Å². The second-order valence-corrected chi connectivity index (χ2v) is 17.1. The minimum atomic E-state index is -1.34. The predicted molar refractivity (Wildman–Crippen MR) is 173 cm³/mol. The van der Waals surface area contributed by atoms with E-state index >= 15 is 0 Å². The second kappa shape index (κ2) is 13.2. The molecular formula is C36H37IrN3OSi-2. The van der Waals surface area contributed by atoms with Gasteiger partial charge in [0, 0.05) is 44.1 Å². The van der Waals surface area contributed by atoms with E-state index in [0.717, 1.165) is 38.9 Å². The van der Waals surface area contributed by atoms with E-state index in [9.17, 15) is 0 Å². The fraction of sp³-hybridized carbons (Fsp3) is 0.250. The van der Waals surface area contributed by atoms with Gasteiger partial charge in [0.25, 0.3) is 0 Å². The van der Waals surface area contributed by atoms with Gasteiger partial charge in [0.05, 0.1) is 13.7 Å². The van der Waals surface area contributed by atoms with Crippen molar-refractivity contribution in [2.75, 3.05) is 0 Å². The molecule has 217 valence electrons. The van der Waals surface area contributed by atoms with Gasteiger partial charge in [0.15, 0.2) is 0 Å². The summed E-state index contributed by atoms with van der Waals surface area (Å²) in [5.41, 5.74) is 8.03. The van der Waals surface area contributed by atoms with E-state index in [0.29, 0.717) is 17.5 Å². The second-order valence-electron chi connectivity index (χ2n) is 12.0. The third-order valence-electron chi connectivity index (χ3n) is 7.27. The number of rotatable bonds is 5. The standard InChI is InChI=1S/C19H15N2O.C17H22NSi.Ir/c1-12(2)13-8-10-20-17(11-13)16-6-3-5-14-15-7-4-9-21-19(15)22-18(14)16;1-13(2)15-11-16(14-9-7-6-8-10-14)18-12-17(15)19(3,4)5;/h3-5,7-12H,1-2H3;6-9,11-13H,1-5H3;/q2*-1;. The zero-order valence-corrected chi connectivity index (χ0v) is 28.7. The molecule has 0 spiro atoms. The molecule has 0 bridgehead atoms. The SMILES string of the molecule is CC(C)c1cc(-c2[c-]cccc2)ncc1[Si](C)(C)C.CC(C)c1ccnc(-c2[c-]ccc3c2oc2ncccc23)c1.[Ir]. The minimum Gasteiger partial charge on any atom is -0.486 e. The molecule has 0 saturated heterocycles. The number of fused-ring (bicyclic) bond motifs is 3. The van der Waals surface area contributed by atoms with Crippen molar-refractivity contribution >= 4 is 35.3 Å². The van der Waals surface area contributed by atoms with Gasteiger partial charge < -0.3 is 14.4 Å². The number of benzene rings is 2. The zero-order valence-electron chi connectivity index (χ0n) is 25.3. The van der Waals surface area contributed by atoms with Crippen LogP contribution >= 0.6 is 0 Å². The smallest absolute Gasteiger partial charge is 0.216 e. The molecule has 6 heteroatoms. The van der Waals surface area contributed by atoms with Crippen LogP contribution in [0.5, 0.6) is 0 Å². The van der Waals surface area contributed by atoms with Crippen molar-refractivity contribution in [3.8, 4) is 22.5 Å². The maximum absolute atomic E-state index is 5.96. The van der Waals surface area contributed by atoms with Crippen molar-refractivity contribution in [1.29, 1.82) is 0 Å². The van der Waals surface area contributed by atoms with Crippen LogP contribution in [0.15, 0.2) is 89.7 Å². The van der Waals surface area contributed by atoms with Gasteiger partial charge in [0.1, 0.15) is 0 Å². The van der Waals surface area contributed by atoms with Crippen molar-refractivity contribution in [3.05, 3.63) is 109 Å². The van der Waals surface area contributed by atoms with Crippen LogP contribution in [0.1, 0.15) is 50.7 Å². The molecular weight excluding hydrogens is 711 g/mol. The minimum absolute atomic E-state index is 0. The van der Waals surface area contributed by atoms with Crippen LogP contribution in [-0.4, -0.2) is 23.0 Å². The summed E-state index contributed by atoms with van der Waals surface area (Å²) in [6.45, 7) is 16.0. The number of nitrogens with zero attached hydrogens (tertiary/aromatic N) is 3. The zero-order chi connectivity index (χ0) is 29.1. The predicted octanol–water partition coefficient (Wildman–Crippen LogP) is 9.18. The third-order valence-corrected chi connectivity index (χ3v) is 9.30. The van der Waals surface area contributed by atoms with Crippen molar-refractivity contribution in [2.45, 2.75) is 59.2 Å². The van der Waals surface area contributed by atoms with Crippen molar-refractivity contribution in [3.63, 3.8) is 0 Å². The molecule has 4 aromatic heterocycles. The van der Waals surface area contributed by atoms with Crippen LogP contribution < -0.4 is 5.19 Å². The molecule has 4 heterocycles. The molecule has 0 N–H and O–H groups in total. The molecule has 0 atom stereocenters. The van der Waals surface area contributed by atoms with Gasteiger partial charge in [-0.15, -0.1) is 54.1 Å². The Balaban J connectivity index is 0.000000191. The van der Waals surface area contributed by atoms with Gasteiger partial charge in [0.2, 0.25) is 5.71 Å². The monoisotopic (exact) mass is 748 g/mol. The molecule has 4 nitrogen and oxygen atoms in total. The summed E-state index contributed by atoms with van der Waals surface area (Å²) < 4.78 is 5.96. The van der Waals surface area contributed by atoms with Gasteiger partial charge in [-0.2, -0.15) is 0 Å². The summed E-state index contributed by atoms with van der Waals surface area (Å²) >= 11 is 0. The molecule has 6 aromatic rings. The van der Waals surface area contributed by atoms with Gasteiger partial charge in [-0.25, -0.2) is 4.98 Å². The van der Waals surface area contributed by atoms with E-state index in [1.807, 2.05) is 48.7 Å². The average Bonchev–Trinajstić information content (AvgIpc) is 3.36. The Morgan fingerprint density at radius 2 is 1.55 bits per heavy atom. The maximum Gasteiger partial charge on any atom is 0.216 e. The normalized spacial score (nSPS) is 11.5. The largest absolute Gasteiger partial charge is 0.486 e. The first-order valence-electron chi connectivity index (χ1n) is 14.2. The summed E-state index contributed by atoms with van der Waals surface area (Å²) in [6, 6.07) is 28.9.